The quantitative estimate of drug-likeness (QED) is 0.566. The van der Waals surface area contributed by atoms with Gasteiger partial charge >= 0.3 is 12.1 Å². The molecule has 166 valence electrons. The Balaban J connectivity index is 1.50. The van der Waals surface area contributed by atoms with E-state index in [1.54, 1.807) is 6.07 Å². The third kappa shape index (κ3) is 4.59. The SMILES string of the molecule is C[C@@H]1CCc2nc3ccccc3c(C(=O)OCC(=O)Nc3ccc(C(F)(F)F)cc3)c2C1. The number of esters is 1. The smallest absolute Gasteiger partial charge is 0.416 e. The first-order valence-corrected chi connectivity index (χ1v) is 10.3. The molecule has 1 heterocycles. The van der Waals surface area contributed by atoms with Gasteiger partial charge in [-0.05, 0) is 61.1 Å². The minimum absolute atomic E-state index is 0.180. The first kappa shape index (κ1) is 21.8. The number of ether oxygens (including phenoxy) is 1. The topological polar surface area (TPSA) is 68.3 Å². The van der Waals surface area contributed by atoms with Crippen molar-refractivity contribution in [3.63, 3.8) is 0 Å². The van der Waals surface area contributed by atoms with E-state index in [4.69, 9.17) is 9.72 Å². The van der Waals surface area contributed by atoms with Crippen LogP contribution < -0.4 is 5.32 Å². The predicted molar refractivity (Wildman–Crippen MR) is 113 cm³/mol. The Kier molecular flexibility index (Phi) is 5.86. The lowest BCUT2D eigenvalue weighted by Gasteiger charge is -2.24. The Morgan fingerprint density at radius 1 is 1.12 bits per heavy atom. The highest BCUT2D eigenvalue weighted by Gasteiger charge is 2.30. The van der Waals surface area contributed by atoms with Crippen LogP contribution in [-0.2, 0) is 28.5 Å². The van der Waals surface area contributed by atoms with Crippen LogP contribution in [0.4, 0.5) is 18.9 Å². The molecule has 0 spiro atoms. The van der Waals surface area contributed by atoms with E-state index in [1.165, 1.54) is 0 Å². The van der Waals surface area contributed by atoms with Crippen molar-refractivity contribution in [2.45, 2.75) is 32.4 Å². The molecule has 1 N–H and O–H groups in total. The number of nitrogens with one attached hydrogen (secondary N) is 1. The fourth-order valence-corrected chi connectivity index (χ4v) is 3.94. The second-order valence-electron chi connectivity index (χ2n) is 7.98. The maximum absolute atomic E-state index is 13.0. The van der Waals surface area contributed by atoms with Gasteiger partial charge in [-0.3, -0.25) is 9.78 Å². The monoisotopic (exact) mass is 442 g/mol. The van der Waals surface area contributed by atoms with Gasteiger partial charge in [0.05, 0.1) is 16.6 Å². The molecule has 1 amide bonds. The first-order chi connectivity index (χ1) is 15.2. The Morgan fingerprint density at radius 2 is 1.84 bits per heavy atom. The van der Waals surface area contributed by atoms with Crippen LogP contribution >= 0.6 is 0 Å². The minimum Gasteiger partial charge on any atom is -0.452 e. The van der Waals surface area contributed by atoms with Crippen LogP contribution in [0.15, 0.2) is 48.5 Å². The van der Waals surface area contributed by atoms with Crippen molar-refractivity contribution in [3.05, 3.63) is 70.9 Å². The number of para-hydroxylation sites is 1. The van der Waals surface area contributed by atoms with E-state index in [0.29, 0.717) is 28.8 Å². The molecule has 1 aromatic heterocycles. The average Bonchev–Trinajstić information content (AvgIpc) is 2.75. The zero-order valence-electron chi connectivity index (χ0n) is 17.3. The van der Waals surface area contributed by atoms with E-state index in [-0.39, 0.29) is 5.69 Å². The Morgan fingerprint density at radius 3 is 2.56 bits per heavy atom. The summed E-state index contributed by atoms with van der Waals surface area (Å²) in [6.07, 6.45) is -1.99. The van der Waals surface area contributed by atoms with Crippen LogP contribution in [0.1, 0.15) is 40.5 Å². The van der Waals surface area contributed by atoms with Crippen molar-refractivity contribution in [2.75, 3.05) is 11.9 Å². The number of alkyl halides is 3. The van der Waals surface area contributed by atoms with Crippen LogP contribution in [0.5, 0.6) is 0 Å². The number of nitrogens with zero attached hydrogens (tertiary/aromatic N) is 1. The highest BCUT2D eigenvalue weighted by molar-refractivity contribution is 6.06. The number of aryl methyl sites for hydroxylation is 1. The summed E-state index contributed by atoms with van der Waals surface area (Å²) in [6.45, 7) is 1.56. The van der Waals surface area contributed by atoms with Gasteiger partial charge in [-0.15, -0.1) is 0 Å². The molecule has 1 aliphatic carbocycles. The molecule has 0 unspecified atom stereocenters. The van der Waals surface area contributed by atoms with Gasteiger partial charge in [-0.1, -0.05) is 25.1 Å². The van der Waals surface area contributed by atoms with Gasteiger partial charge < -0.3 is 10.1 Å². The number of pyridine rings is 1. The Labute approximate surface area is 182 Å². The van der Waals surface area contributed by atoms with Crippen LogP contribution in [0.25, 0.3) is 10.9 Å². The lowest BCUT2D eigenvalue weighted by Crippen LogP contribution is -2.23. The number of carbonyl (C=O) groups is 2. The number of fused-ring (bicyclic) bond motifs is 2. The van der Waals surface area contributed by atoms with Crippen LogP contribution in [-0.4, -0.2) is 23.5 Å². The molecule has 0 aliphatic heterocycles. The number of rotatable bonds is 4. The summed E-state index contributed by atoms with van der Waals surface area (Å²) < 4.78 is 43.3. The van der Waals surface area contributed by atoms with Crippen molar-refractivity contribution >= 4 is 28.5 Å². The summed E-state index contributed by atoms with van der Waals surface area (Å²) in [5.41, 5.74) is 2.23. The Hall–Kier alpha value is -3.42. The largest absolute Gasteiger partial charge is 0.452 e. The molecule has 8 heteroatoms. The van der Waals surface area contributed by atoms with Crippen LogP contribution in [0, 0.1) is 5.92 Å². The van der Waals surface area contributed by atoms with E-state index in [9.17, 15) is 22.8 Å². The van der Waals surface area contributed by atoms with Gasteiger partial charge in [0.25, 0.3) is 5.91 Å². The maximum atomic E-state index is 13.0. The predicted octanol–water partition coefficient (Wildman–Crippen LogP) is 5.17. The number of benzene rings is 2. The molecule has 32 heavy (non-hydrogen) atoms. The fraction of sp³-hybridized carbons (Fsp3) is 0.292. The molecule has 0 bridgehead atoms. The highest BCUT2D eigenvalue weighted by atomic mass is 19.4. The van der Waals surface area contributed by atoms with E-state index < -0.39 is 30.2 Å². The number of aromatic nitrogens is 1. The standard InChI is InChI=1S/C24H21F3N2O3/c1-14-6-11-20-18(12-14)22(17-4-2-3-5-19(17)29-20)23(31)32-13-21(30)28-16-9-7-15(8-10-16)24(25,26)27/h2-5,7-10,14H,6,11-13H2,1H3,(H,28,30)/t14-/m1/s1. The number of hydrogen-bond donors (Lipinski definition) is 1. The first-order valence-electron chi connectivity index (χ1n) is 10.3. The second-order valence-corrected chi connectivity index (χ2v) is 7.98. The summed E-state index contributed by atoms with van der Waals surface area (Å²) in [5, 5.41) is 3.11. The molecule has 2 aromatic carbocycles. The molecule has 3 aromatic rings. The van der Waals surface area contributed by atoms with Crippen LogP contribution in [0.3, 0.4) is 0 Å². The third-order valence-electron chi connectivity index (χ3n) is 5.54. The lowest BCUT2D eigenvalue weighted by molar-refractivity contribution is -0.137. The second kappa shape index (κ2) is 8.61. The number of carbonyl (C=O) groups excluding carboxylic acids is 2. The van der Waals surface area contributed by atoms with Crippen molar-refractivity contribution < 1.29 is 27.5 Å². The maximum Gasteiger partial charge on any atom is 0.416 e. The number of hydrogen-bond acceptors (Lipinski definition) is 4. The van der Waals surface area contributed by atoms with Crippen LogP contribution in [0.2, 0.25) is 0 Å². The molecule has 5 nitrogen and oxygen atoms in total. The van der Waals surface area contributed by atoms with Crippen molar-refractivity contribution in [1.82, 2.24) is 4.98 Å². The molecule has 0 radical (unpaired) electrons. The molecule has 0 saturated carbocycles. The minimum atomic E-state index is -4.46. The van der Waals surface area contributed by atoms with Crippen molar-refractivity contribution in [2.24, 2.45) is 5.92 Å². The Bertz CT molecular complexity index is 1170. The average molecular weight is 442 g/mol. The molecule has 1 aliphatic rings. The van der Waals surface area contributed by atoms with Gasteiger partial charge in [0.15, 0.2) is 6.61 Å². The zero-order chi connectivity index (χ0) is 22.9. The summed E-state index contributed by atoms with van der Waals surface area (Å²) in [5.74, 6) is -0.852. The number of amides is 1. The van der Waals surface area contributed by atoms with E-state index in [0.717, 1.165) is 48.4 Å². The summed E-state index contributed by atoms with van der Waals surface area (Å²) in [6, 6.07) is 11.3. The molecular formula is C24H21F3N2O3. The van der Waals surface area contributed by atoms with Gasteiger partial charge in [0.1, 0.15) is 0 Å². The van der Waals surface area contributed by atoms with Gasteiger partial charge in [-0.25, -0.2) is 4.79 Å². The zero-order valence-corrected chi connectivity index (χ0v) is 17.3. The van der Waals surface area contributed by atoms with E-state index in [2.05, 4.69) is 12.2 Å². The molecule has 0 saturated heterocycles. The molecular weight excluding hydrogens is 421 g/mol. The fourth-order valence-electron chi connectivity index (χ4n) is 3.94. The van der Waals surface area contributed by atoms with Gasteiger partial charge in [0.2, 0.25) is 0 Å². The van der Waals surface area contributed by atoms with E-state index >= 15 is 0 Å². The molecule has 1 atom stereocenters. The lowest BCUT2D eigenvalue weighted by atomic mass is 9.84. The number of anilines is 1. The van der Waals surface area contributed by atoms with E-state index in [1.807, 2.05) is 18.2 Å². The van der Waals surface area contributed by atoms with Crippen molar-refractivity contribution in [3.8, 4) is 0 Å². The van der Waals surface area contributed by atoms with Gasteiger partial charge in [0, 0.05) is 16.8 Å². The summed E-state index contributed by atoms with van der Waals surface area (Å²) >= 11 is 0. The summed E-state index contributed by atoms with van der Waals surface area (Å²) in [4.78, 5) is 29.9. The van der Waals surface area contributed by atoms with Crippen molar-refractivity contribution in [1.29, 1.82) is 0 Å². The summed E-state index contributed by atoms with van der Waals surface area (Å²) in [7, 11) is 0. The molecule has 4 rings (SSSR count). The van der Waals surface area contributed by atoms with Gasteiger partial charge in [-0.2, -0.15) is 13.2 Å². The number of halogens is 3. The highest BCUT2D eigenvalue weighted by Crippen LogP contribution is 2.32. The normalized spacial score (nSPS) is 15.8. The third-order valence-corrected chi connectivity index (χ3v) is 5.54. The molecule has 0 fully saturated rings.